The van der Waals surface area contributed by atoms with Gasteiger partial charge < -0.3 is 39.8 Å². The highest BCUT2D eigenvalue weighted by Crippen LogP contribution is 2.37. The van der Waals surface area contributed by atoms with Gasteiger partial charge in [-0.3, -0.25) is 0 Å². The minimum absolute atomic E-state index is 0.0118. The molecule has 9 nitrogen and oxygen atoms in total. The summed E-state index contributed by atoms with van der Waals surface area (Å²) in [4.78, 5) is 12.9. The lowest BCUT2D eigenvalue weighted by Gasteiger charge is -2.36. The summed E-state index contributed by atoms with van der Waals surface area (Å²) in [7, 11) is 0. The summed E-state index contributed by atoms with van der Waals surface area (Å²) < 4.78 is 11.0. The third kappa shape index (κ3) is 10.7. The molecule has 0 amide bonds. The molecule has 1 aliphatic rings. The number of rotatable bonds is 16. The van der Waals surface area contributed by atoms with Gasteiger partial charge in [0.1, 0.15) is 29.3 Å². The van der Waals surface area contributed by atoms with Crippen LogP contribution in [-0.4, -0.2) is 68.3 Å². The van der Waals surface area contributed by atoms with E-state index in [4.69, 9.17) is 9.15 Å². The Morgan fingerprint density at radius 2 is 1.84 bits per heavy atom. The van der Waals surface area contributed by atoms with Crippen molar-refractivity contribution in [2.75, 3.05) is 13.2 Å². The highest BCUT2D eigenvalue weighted by atomic mass is 16.5. The van der Waals surface area contributed by atoms with Crippen molar-refractivity contribution in [2.24, 2.45) is 11.8 Å². The van der Waals surface area contributed by atoms with Gasteiger partial charge in [0.2, 0.25) is 0 Å². The van der Waals surface area contributed by atoms with Crippen molar-refractivity contribution in [2.45, 2.75) is 122 Å². The third-order valence-corrected chi connectivity index (χ3v) is 8.33. The monoisotopic (exact) mass is 606 g/mol. The van der Waals surface area contributed by atoms with Crippen LogP contribution in [0.1, 0.15) is 104 Å². The van der Waals surface area contributed by atoms with Crippen LogP contribution in [0.15, 0.2) is 50.7 Å². The average Bonchev–Trinajstić information content (AvgIpc) is 2.95. The average molecular weight is 607 g/mol. The van der Waals surface area contributed by atoms with Crippen molar-refractivity contribution in [3.8, 4) is 5.75 Å². The molecule has 1 fully saturated rings. The molecule has 2 rings (SSSR count). The standard InChI is InChI=1S/C34H54O9/c1-7-8-9-10-11-21(2)14-23(4)16-24(19-35)15-22(3)12-13-28(39)34(5,6)29-18-26(37)30(33(41)43-29)32-31(40)27(38)17-25(20-36)42-32/h12-13,15-16,18,21,24-25,27-28,31-32,35-40H,7-11,14,17,19-20H2,1-6H3/b13-12+,22-15+,23-16-/t21-,24+,25-,27-,28+,31+,32-/m1/s1. The first kappa shape index (κ1) is 36.9. The minimum Gasteiger partial charge on any atom is -0.507 e. The second-order valence-electron chi connectivity index (χ2n) is 12.8. The fraction of sp³-hybridized carbons (Fsp3) is 0.676. The zero-order valence-corrected chi connectivity index (χ0v) is 26.7. The van der Waals surface area contributed by atoms with Gasteiger partial charge in [0.25, 0.3) is 0 Å². The number of ether oxygens (including phenoxy) is 1. The number of hydrogen-bond acceptors (Lipinski definition) is 9. The molecule has 0 radical (unpaired) electrons. The van der Waals surface area contributed by atoms with E-state index in [0.29, 0.717) is 5.92 Å². The molecule has 1 aliphatic heterocycles. The van der Waals surface area contributed by atoms with E-state index < -0.39 is 53.9 Å². The van der Waals surface area contributed by atoms with Crippen LogP contribution in [0.3, 0.4) is 0 Å². The van der Waals surface area contributed by atoms with Gasteiger partial charge in [-0.05, 0) is 40.0 Å². The van der Waals surface area contributed by atoms with Crippen LogP contribution in [0.25, 0.3) is 0 Å². The summed E-state index contributed by atoms with van der Waals surface area (Å²) in [6.07, 6.45) is 8.44. The van der Waals surface area contributed by atoms with Crippen molar-refractivity contribution in [3.63, 3.8) is 0 Å². The van der Waals surface area contributed by atoms with Crippen LogP contribution in [-0.2, 0) is 10.2 Å². The lowest BCUT2D eigenvalue weighted by molar-refractivity contribution is -0.180. The number of allylic oxidation sites excluding steroid dienone is 3. The molecule has 7 atom stereocenters. The summed E-state index contributed by atoms with van der Waals surface area (Å²) in [5.41, 5.74) is -0.399. The highest BCUT2D eigenvalue weighted by Gasteiger charge is 2.41. The Morgan fingerprint density at radius 3 is 2.44 bits per heavy atom. The largest absolute Gasteiger partial charge is 0.507 e. The molecule has 0 bridgehead atoms. The summed E-state index contributed by atoms with van der Waals surface area (Å²) >= 11 is 0. The van der Waals surface area contributed by atoms with Gasteiger partial charge in [0.15, 0.2) is 0 Å². The fourth-order valence-corrected chi connectivity index (χ4v) is 5.56. The molecule has 0 saturated carbocycles. The topological polar surface area (TPSA) is 161 Å². The molecule has 1 saturated heterocycles. The van der Waals surface area contributed by atoms with Gasteiger partial charge in [0.05, 0.1) is 36.9 Å². The smallest absolute Gasteiger partial charge is 0.345 e. The van der Waals surface area contributed by atoms with Crippen LogP contribution in [0.2, 0.25) is 0 Å². The molecule has 0 unspecified atom stereocenters. The van der Waals surface area contributed by atoms with E-state index in [1.165, 1.54) is 43.7 Å². The molecule has 6 N–H and O–H groups in total. The van der Waals surface area contributed by atoms with Gasteiger partial charge in [-0.1, -0.05) is 81.4 Å². The van der Waals surface area contributed by atoms with Gasteiger partial charge in [-0.2, -0.15) is 0 Å². The number of aliphatic hydroxyl groups is 5. The quantitative estimate of drug-likeness (QED) is 0.0899. The molecule has 2 heterocycles. The molecule has 1 aromatic rings. The Labute approximate surface area is 256 Å². The zero-order chi connectivity index (χ0) is 32.3. The number of aromatic hydroxyl groups is 1. The van der Waals surface area contributed by atoms with Crippen molar-refractivity contribution in [1.82, 2.24) is 0 Å². The first-order valence-electron chi connectivity index (χ1n) is 15.6. The Hall–Kier alpha value is -2.27. The minimum atomic E-state index is -1.50. The molecule has 0 aliphatic carbocycles. The summed E-state index contributed by atoms with van der Waals surface area (Å²) in [5, 5.41) is 61.7. The predicted octanol–water partition coefficient (Wildman–Crippen LogP) is 4.58. The summed E-state index contributed by atoms with van der Waals surface area (Å²) in [6, 6.07) is 1.20. The summed E-state index contributed by atoms with van der Waals surface area (Å²) in [6.45, 7) is 11.3. The lowest BCUT2D eigenvalue weighted by atomic mass is 9.82. The number of hydrogen-bond donors (Lipinski definition) is 6. The SMILES string of the molecule is CCCCCC[C@@H](C)C/C(C)=C\[C@H](/C=C(C)/C=C/[C@H](O)C(C)(C)c1cc(O)c([C@H]2O[C@@H](CO)C[C@@H](O)[C@@H]2O)c(=O)o1)CO. The maximum atomic E-state index is 12.9. The maximum absolute atomic E-state index is 12.9. The fourth-order valence-electron chi connectivity index (χ4n) is 5.56. The molecular formula is C34H54O9. The molecule has 244 valence electrons. The van der Waals surface area contributed by atoms with E-state index in [1.807, 2.05) is 13.0 Å². The van der Waals surface area contributed by atoms with E-state index in [0.717, 1.165) is 12.0 Å². The third-order valence-electron chi connectivity index (χ3n) is 8.33. The molecule has 9 heteroatoms. The van der Waals surface area contributed by atoms with E-state index in [2.05, 4.69) is 26.8 Å². The van der Waals surface area contributed by atoms with E-state index in [-0.39, 0.29) is 30.3 Å². The van der Waals surface area contributed by atoms with Crippen molar-refractivity contribution >= 4 is 0 Å². The first-order valence-corrected chi connectivity index (χ1v) is 15.6. The molecule has 0 aromatic carbocycles. The Balaban J connectivity index is 2.14. The molecular weight excluding hydrogens is 552 g/mol. The molecule has 1 aromatic heterocycles. The predicted molar refractivity (Wildman–Crippen MR) is 167 cm³/mol. The zero-order valence-electron chi connectivity index (χ0n) is 26.7. The van der Waals surface area contributed by atoms with E-state index in [1.54, 1.807) is 26.0 Å². The van der Waals surface area contributed by atoms with Crippen LogP contribution in [0, 0.1) is 11.8 Å². The Bertz CT molecular complexity index is 1150. The second-order valence-corrected chi connectivity index (χ2v) is 12.8. The maximum Gasteiger partial charge on any atom is 0.345 e. The van der Waals surface area contributed by atoms with Crippen LogP contribution in [0.4, 0.5) is 0 Å². The van der Waals surface area contributed by atoms with E-state index >= 15 is 0 Å². The van der Waals surface area contributed by atoms with Gasteiger partial charge in [0, 0.05) is 18.4 Å². The lowest BCUT2D eigenvalue weighted by Crippen LogP contribution is -2.46. The van der Waals surface area contributed by atoms with Crippen molar-refractivity contribution in [1.29, 1.82) is 0 Å². The van der Waals surface area contributed by atoms with Crippen LogP contribution >= 0.6 is 0 Å². The van der Waals surface area contributed by atoms with E-state index in [9.17, 15) is 35.4 Å². The second kappa shape index (κ2) is 17.3. The first-order chi connectivity index (χ1) is 20.2. The Kier molecular flexibility index (Phi) is 14.8. The van der Waals surface area contributed by atoms with Gasteiger partial charge in [-0.25, -0.2) is 4.79 Å². The van der Waals surface area contributed by atoms with Gasteiger partial charge >= 0.3 is 5.63 Å². The number of aliphatic hydroxyl groups excluding tert-OH is 5. The molecule has 0 spiro atoms. The molecule has 43 heavy (non-hydrogen) atoms. The number of unbranched alkanes of at least 4 members (excludes halogenated alkanes) is 3. The van der Waals surface area contributed by atoms with Gasteiger partial charge in [-0.15, -0.1) is 0 Å². The normalized spacial score (nSPS) is 24.3. The van der Waals surface area contributed by atoms with Crippen LogP contribution < -0.4 is 5.63 Å². The van der Waals surface area contributed by atoms with Crippen molar-refractivity contribution in [3.05, 3.63) is 63.3 Å². The summed E-state index contributed by atoms with van der Waals surface area (Å²) in [5.74, 6) is -0.0686. The Morgan fingerprint density at radius 1 is 1.14 bits per heavy atom. The highest BCUT2D eigenvalue weighted by molar-refractivity contribution is 5.36. The van der Waals surface area contributed by atoms with Crippen LogP contribution in [0.5, 0.6) is 5.75 Å². The van der Waals surface area contributed by atoms with Crippen molar-refractivity contribution < 1.29 is 39.8 Å².